The van der Waals surface area contributed by atoms with Gasteiger partial charge in [-0.15, -0.1) is 11.8 Å². The number of amides is 2. The fraction of sp³-hybridized carbons (Fsp3) is 0.500. The molecule has 0 radical (unpaired) electrons. The fourth-order valence-electron chi connectivity index (χ4n) is 2.32. The van der Waals surface area contributed by atoms with Crippen molar-refractivity contribution in [1.29, 1.82) is 0 Å². The zero-order chi connectivity index (χ0) is 15.9. The Labute approximate surface area is 136 Å². The minimum absolute atomic E-state index is 0.0496. The van der Waals surface area contributed by atoms with Gasteiger partial charge in [0.1, 0.15) is 6.54 Å². The van der Waals surface area contributed by atoms with Crippen LogP contribution in [0.3, 0.4) is 0 Å². The van der Waals surface area contributed by atoms with E-state index < -0.39 is 0 Å². The molecule has 1 heterocycles. The van der Waals surface area contributed by atoms with E-state index >= 15 is 0 Å². The zero-order valence-corrected chi connectivity index (χ0v) is 13.9. The molecular weight excluding hydrogens is 298 g/mol. The van der Waals surface area contributed by atoms with Gasteiger partial charge in [0.05, 0.1) is 11.6 Å². The molecule has 2 rings (SSSR count). The molecule has 5 nitrogen and oxygen atoms in total. The van der Waals surface area contributed by atoms with Crippen LogP contribution in [0.25, 0.3) is 0 Å². The topological polar surface area (TPSA) is 52.7 Å². The van der Waals surface area contributed by atoms with Gasteiger partial charge in [-0.3, -0.25) is 9.59 Å². The van der Waals surface area contributed by atoms with Crippen LogP contribution in [0.2, 0.25) is 0 Å². The van der Waals surface area contributed by atoms with Crippen molar-refractivity contribution >= 4 is 23.6 Å². The van der Waals surface area contributed by atoms with E-state index in [4.69, 9.17) is 0 Å². The molecule has 1 N–H and O–H groups in total. The number of carbonyl (C=O) groups excluding carboxylic acids is 2. The van der Waals surface area contributed by atoms with Crippen LogP contribution in [0.1, 0.15) is 5.56 Å². The first-order chi connectivity index (χ1) is 10.6. The number of benzene rings is 1. The van der Waals surface area contributed by atoms with Gasteiger partial charge in [0.15, 0.2) is 0 Å². The van der Waals surface area contributed by atoms with Crippen LogP contribution in [-0.2, 0) is 16.0 Å². The van der Waals surface area contributed by atoms with E-state index in [2.05, 4.69) is 22.3 Å². The summed E-state index contributed by atoms with van der Waals surface area (Å²) in [5, 5.41) is 2.95. The van der Waals surface area contributed by atoms with E-state index in [0.717, 1.165) is 6.42 Å². The molecule has 1 saturated heterocycles. The van der Waals surface area contributed by atoms with Crippen LogP contribution in [-0.4, -0.2) is 66.5 Å². The first-order valence-electron chi connectivity index (χ1n) is 7.39. The predicted octanol–water partition coefficient (Wildman–Crippen LogP) is 0.808. The minimum Gasteiger partial charge on any atom is -0.353 e. The van der Waals surface area contributed by atoms with Gasteiger partial charge in [-0.1, -0.05) is 30.3 Å². The fourth-order valence-corrected chi connectivity index (χ4v) is 3.23. The van der Waals surface area contributed by atoms with E-state index in [1.165, 1.54) is 5.56 Å². The molecule has 6 heteroatoms. The number of rotatable bonds is 7. The number of hydrogen-bond donors (Lipinski definition) is 1. The highest BCUT2D eigenvalue weighted by molar-refractivity contribution is 8.00. The summed E-state index contributed by atoms with van der Waals surface area (Å²) in [6.07, 6.45) is 0.882. The number of likely N-dealkylation sites (N-methyl/N-ethyl adjacent to an activating group) is 1. The summed E-state index contributed by atoms with van der Waals surface area (Å²) >= 11 is 1.55. The van der Waals surface area contributed by atoms with Crippen molar-refractivity contribution in [3.05, 3.63) is 35.9 Å². The first kappa shape index (κ1) is 16.8. The quantitative estimate of drug-likeness (QED) is 0.807. The molecule has 1 aromatic rings. The SMILES string of the molecule is CN(C)C(CNC(=O)CN1CSCC1=O)Cc1ccccc1. The van der Waals surface area contributed by atoms with Crippen LogP contribution in [0.15, 0.2) is 30.3 Å². The Morgan fingerprint density at radius 3 is 2.68 bits per heavy atom. The lowest BCUT2D eigenvalue weighted by Gasteiger charge is -2.25. The van der Waals surface area contributed by atoms with Gasteiger partial charge >= 0.3 is 0 Å². The summed E-state index contributed by atoms with van der Waals surface area (Å²) in [5.74, 6) is 1.07. The number of nitrogens with one attached hydrogen (secondary N) is 1. The molecule has 0 saturated carbocycles. The maximum atomic E-state index is 12.0. The van der Waals surface area contributed by atoms with Crippen molar-refractivity contribution < 1.29 is 9.59 Å². The Morgan fingerprint density at radius 2 is 2.09 bits per heavy atom. The molecule has 22 heavy (non-hydrogen) atoms. The van der Waals surface area contributed by atoms with Crippen LogP contribution in [0.4, 0.5) is 0 Å². The van der Waals surface area contributed by atoms with Crippen molar-refractivity contribution in [3.8, 4) is 0 Å². The molecule has 1 aliphatic heterocycles. The Balaban J connectivity index is 1.81. The molecule has 0 spiro atoms. The molecule has 0 aromatic heterocycles. The second kappa shape index (κ2) is 8.19. The van der Waals surface area contributed by atoms with Crippen LogP contribution < -0.4 is 5.32 Å². The molecule has 1 aromatic carbocycles. The largest absolute Gasteiger partial charge is 0.353 e. The van der Waals surface area contributed by atoms with E-state index in [1.54, 1.807) is 16.7 Å². The van der Waals surface area contributed by atoms with Gasteiger partial charge in [-0.05, 0) is 26.1 Å². The van der Waals surface area contributed by atoms with Crippen molar-refractivity contribution in [2.24, 2.45) is 0 Å². The highest BCUT2D eigenvalue weighted by Gasteiger charge is 2.23. The molecule has 0 bridgehead atoms. The average molecular weight is 321 g/mol. The summed E-state index contributed by atoms with van der Waals surface area (Å²) in [5.41, 5.74) is 1.25. The van der Waals surface area contributed by atoms with E-state index in [9.17, 15) is 9.59 Å². The van der Waals surface area contributed by atoms with E-state index in [-0.39, 0.29) is 24.4 Å². The maximum Gasteiger partial charge on any atom is 0.239 e. The normalized spacial score (nSPS) is 16.1. The lowest BCUT2D eigenvalue weighted by molar-refractivity contribution is -0.132. The summed E-state index contributed by atoms with van der Waals surface area (Å²) < 4.78 is 0. The predicted molar refractivity (Wildman–Crippen MR) is 89.7 cm³/mol. The summed E-state index contributed by atoms with van der Waals surface area (Å²) in [7, 11) is 4.03. The molecular formula is C16H23N3O2S. The second-order valence-corrected chi connectivity index (χ2v) is 6.64. The van der Waals surface area contributed by atoms with E-state index in [1.807, 2.05) is 32.3 Å². The van der Waals surface area contributed by atoms with Crippen LogP contribution in [0.5, 0.6) is 0 Å². The zero-order valence-electron chi connectivity index (χ0n) is 13.1. The highest BCUT2D eigenvalue weighted by Crippen LogP contribution is 2.14. The lowest BCUT2D eigenvalue weighted by Crippen LogP contribution is -2.45. The maximum absolute atomic E-state index is 12.0. The number of carbonyl (C=O) groups is 2. The average Bonchev–Trinajstić information content (AvgIpc) is 2.89. The number of nitrogens with zero attached hydrogens (tertiary/aromatic N) is 2. The third-order valence-corrected chi connectivity index (χ3v) is 4.68. The number of hydrogen-bond acceptors (Lipinski definition) is 4. The summed E-state index contributed by atoms with van der Waals surface area (Å²) in [6, 6.07) is 10.5. The van der Waals surface area contributed by atoms with Gasteiger partial charge in [0, 0.05) is 12.6 Å². The Morgan fingerprint density at radius 1 is 1.36 bits per heavy atom. The molecule has 1 atom stereocenters. The molecule has 2 amide bonds. The molecule has 1 unspecified atom stereocenters. The molecule has 1 fully saturated rings. The van der Waals surface area contributed by atoms with Crippen molar-refractivity contribution in [3.63, 3.8) is 0 Å². The first-order valence-corrected chi connectivity index (χ1v) is 8.54. The molecule has 120 valence electrons. The third kappa shape index (κ3) is 5.03. The Hall–Kier alpha value is -1.53. The van der Waals surface area contributed by atoms with Gasteiger partial charge in [0.25, 0.3) is 0 Å². The summed E-state index contributed by atoms with van der Waals surface area (Å²) in [4.78, 5) is 27.2. The second-order valence-electron chi connectivity index (χ2n) is 5.68. The van der Waals surface area contributed by atoms with Crippen molar-refractivity contribution in [1.82, 2.24) is 15.1 Å². The van der Waals surface area contributed by atoms with Gasteiger partial charge in [0.2, 0.25) is 11.8 Å². The summed E-state index contributed by atoms with van der Waals surface area (Å²) in [6.45, 7) is 0.743. The van der Waals surface area contributed by atoms with Gasteiger partial charge in [-0.25, -0.2) is 0 Å². The molecule has 0 aliphatic carbocycles. The van der Waals surface area contributed by atoms with E-state index in [0.29, 0.717) is 18.2 Å². The number of thioether (sulfide) groups is 1. The van der Waals surface area contributed by atoms with Gasteiger partial charge in [-0.2, -0.15) is 0 Å². The Bertz CT molecular complexity index is 507. The lowest BCUT2D eigenvalue weighted by atomic mass is 10.1. The highest BCUT2D eigenvalue weighted by atomic mass is 32.2. The van der Waals surface area contributed by atoms with Crippen LogP contribution >= 0.6 is 11.8 Å². The van der Waals surface area contributed by atoms with Crippen molar-refractivity contribution in [2.75, 3.05) is 38.8 Å². The molecule has 1 aliphatic rings. The Kier molecular flexibility index (Phi) is 6.27. The van der Waals surface area contributed by atoms with Crippen molar-refractivity contribution in [2.45, 2.75) is 12.5 Å². The minimum atomic E-state index is -0.0873. The van der Waals surface area contributed by atoms with Crippen LogP contribution in [0, 0.1) is 0 Å². The monoisotopic (exact) mass is 321 g/mol. The third-order valence-electron chi connectivity index (χ3n) is 3.74. The smallest absolute Gasteiger partial charge is 0.239 e. The standard InChI is InChI=1S/C16H23N3O2S/c1-18(2)14(8-13-6-4-3-5-7-13)9-17-15(20)10-19-12-22-11-16(19)21/h3-7,14H,8-12H2,1-2H3,(H,17,20). The van der Waals surface area contributed by atoms with Gasteiger partial charge < -0.3 is 15.1 Å².